The number of likely N-dealkylation sites (N-methyl/N-ethyl adjacent to an activating group) is 1. The normalized spacial score (nSPS) is 20.1. The van der Waals surface area contributed by atoms with Crippen molar-refractivity contribution in [1.29, 1.82) is 5.41 Å². The highest BCUT2D eigenvalue weighted by molar-refractivity contribution is 6.08. The first-order valence-corrected chi connectivity index (χ1v) is 10.5. The molecule has 0 aromatic heterocycles. The molecular formula is C22H33FN6O. The van der Waals surface area contributed by atoms with Crippen LogP contribution in [0.1, 0.15) is 24.8 Å². The first-order chi connectivity index (χ1) is 14.5. The molecule has 1 fully saturated rings. The number of halogens is 1. The van der Waals surface area contributed by atoms with Crippen molar-refractivity contribution in [2.45, 2.75) is 31.5 Å². The maximum Gasteiger partial charge on any atom is 0.146 e. The second-order valence-corrected chi connectivity index (χ2v) is 7.87. The van der Waals surface area contributed by atoms with Gasteiger partial charge in [-0.1, -0.05) is 6.07 Å². The van der Waals surface area contributed by atoms with E-state index >= 15 is 0 Å². The van der Waals surface area contributed by atoms with Crippen molar-refractivity contribution >= 4 is 17.5 Å². The summed E-state index contributed by atoms with van der Waals surface area (Å²) in [7, 11) is 3.82. The Kier molecular flexibility index (Phi) is 7.84. The van der Waals surface area contributed by atoms with E-state index in [1.165, 1.54) is 18.0 Å². The van der Waals surface area contributed by atoms with Crippen LogP contribution in [-0.2, 0) is 4.74 Å². The SMILES string of the molecule is CN/C=C(\C=N)c1ccc(NC(N)C2=C(NC3CCOCC3)CCN(C)C2)c(F)c1. The summed E-state index contributed by atoms with van der Waals surface area (Å²) in [6, 6.07) is 5.28. The number of anilines is 1. The Morgan fingerprint density at radius 2 is 2.13 bits per heavy atom. The maximum atomic E-state index is 14.8. The molecule has 1 saturated heterocycles. The molecule has 1 atom stereocenters. The molecule has 164 valence electrons. The molecule has 2 aliphatic heterocycles. The largest absolute Gasteiger partial charge is 0.393 e. The van der Waals surface area contributed by atoms with E-state index in [-0.39, 0.29) is 0 Å². The second-order valence-electron chi connectivity index (χ2n) is 7.87. The van der Waals surface area contributed by atoms with E-state index in [1.807, 2.05) is 0 Å². The second kappa shape index (κ2) is 10.6. The van der Waals surface area contributed by atoms with Crippen molar-refractivity contribution in [2.75, 3.05) is 45.7 Å². The van der Waals surface area contributed by atoms with Gasteiger partial charge in [0.15, 0.2) is 0 Å². The van der Waals surface area contributed by atoms with Crippen molar-refractivity contribution in [2.24, 2.45) is 5.73 Å². The fourth-order valence-electron chi connectivity index (χ4n) is 3.90. The van der Waals surface area contributed by atoms with Crippen LogP contribution in [0.2, 0.25) is 0 Å². The summed E-state index contributed by atoms with van der Waals surface area (Å²) in [5, 5.41) is 17.2. The van der Waals surface area contributed by atoms with Gasteiger partial charge in [-0.05, 0) is 49.6 Å². The van der Waals surface area contributed by atoms with E-state index in [2.05, 4.69) is 27.9 Å². The van der Waals surface area contributed by atoms with E-state index in [0.717, 1.165) is 51.1 Å². The predicted octanol–water partition coefficient (Wildman–Crippen LogP) is 2.09. The predicted molar refractivity (Wildman–Crippen MR) is 120 cm³/mol. The van der Waals surface area contributed by atoms with Gasteiger partial charge in [0.2, 0.25) is 0 Å². The summed E-state index contributed by atoms with van der Waals surface area (Å²) < 4.78 is 20.2. The summed E-state index contributed by atoms with van der Waals surface area (Å²) in [5.74, 6) is -0.393. The van der Waals surface area contributed by atoms with Crippen molar-refractivity contribution < 1.29 is 9.13 Å². The van der Waals surface area contributed by atoms with Crippen molar-refractivity contribution in [3.63, 3.8) is 0 Å². The molecule has 1 unspecified atom stereocenters. The first-order valence-electron chi connectivity index (χ1n) is 10.5. The molecule has 3 rings (SSSR count). The molecule has 0 amide bonds. The minimum atomic E-state index is -0.495. The molecule has 1 aromatic rings. The van der Waals surface area contributed by atoms with Gasteiger partial charge < -0.3 is 36.7 Å². The van der Waals surface area contributed by atoms with E-state index in [4.69, 9.17) is 15.9 Å². The third-order valence-corrected chi connectivity index (χ3v) is 5.62. The van der Waals surface area contributed by atoms with E-state index in [0.29, 0.717) is 22.9 Å². The van der Waals surface area contributed by atoms with Crippen LogP contribution in [0.15, 0.2) is 35.7 Å². The zero-order valence-electron chi connectivity index (χ0n) is 17.8. The Morgan fingerprint density at radius 1 is 1.37 bits per heavy atom. The van der Waals surface area contributed by atoms with Gasteiger partial charge in [-0.25, -0.2) is 4.39 Å². The lowest BCUT2D eigenvalue weighted by Gasteiger charge is -2.35. The van der Waals surface area contributed by atoms with Gasteiger partial charge in [0, 0.05) is 63.1 Å². The summed E-state index contributed by atoms with van der Waals surface area (Å²) in [6.45, 7) is 3.26. The van der Waals surface area contributed by atoms with Gasteiger partial charge in [-0.15, -0.1) is 0 Å². The van der Waals surface area contributed by atoms with Crippen LogP contribution < -0.4 is 21.7 Å². The average molecular weight is 417 g/mol. The molecule has 8 heteroatoms. The van der Waals surface area contributed by atoms with Crippen LogP contribution in [0.5, 0.6) is 0 Å². The molecule has 0 aliphatic carbocycles. The van der Waals surface area contributed by atoms with Crippen molar-refractivity contribution in [1.82, 2.24) is 15.5 Å². The molecule has 2 heterocycles. The molecule has 2 aliphatic rings. The summed E-state index contributed by atoms with van der Waals surface area (Å²) >= 11 is 0. The van der Waals surface area contributed by atoms with E-state index < -0.39 is 12.0 Å². The Labute approximate surface area is 178 Å². The van der Waals surface area contributed by atoms with Gasteiger partial charge in [0.05, 0.1) is 11.9 Å². The molecule has 0 spiro atoms. The van der Waals surface area contributed by atoms with Crippen LogP contribution in [0.25, 0.3) is 5.57 Å². The molecule has 30 heavy (non-hydrogen) atoms. The highest BCUT2D eigenvalue weighted by Gasteiger charge is 2.24. The number of nitrogens with one attached hydrogen (secondary N) is 4. The smallest absolute Gasteiger partial charge is 0.146 e. The number of allylic oxidation sites excluding steroid dienone is 1. The Morgan fingerprint density at radius 3 is 2.80 bits per heavy atom. The quantitative estimate of drug-likeness (QED) is 0.329. The van der Waals surface area contributed by atoms with Crippen molar-refractivity contribution in [3.8, 4) is 0 Å². The van der Waals surface area contributed by atoms with Crippen LogP contribution in [0, 0.1) is 11.2 Å². The number of ether oxygens (including phenoxy) is 1. The molecule has 1 aromatic carbocycles. The van der Waals surface area contributed by atoms with Gasteiger partial charge in [-0.3, -0.25) is 0 Å². The van der Waals surface area contributed by atoms with Crippen LogP contribution in [0.3, 0.4) is 0 Å². The Bertz CT molecular complexity index is 803. The van der Waals surface area contributed by atoms with Crippen LogP contribution in [-0.4, -0.2) is 63.7 Å². The zero-order valence-corrected chi connectivity index (χ0v) is 17.8. The Hall–Kier alpha value is -2.42. The molecule has 0 bridgehead atoms. The molecule has 0 radical (unpaired) electrons. The summed E-state index contributed by atoms with van der Waals surface area (Å²) in [6.07, 6.45) is 5.24. The highest BCUT2D eigenvalue weighted by Crippen LogP contribution is 2.24. The van der Waals surface area contributed by atoms with Gasteiger partial charge in [-0.2, -0.15) is 0 Å². The van der Waals surface area contributed by atoms with Crippen molar-refractivity contribution in [3.05, 3.63) is 47.0 Å². The van der Waals surface area contributed by atoms with E-state index in [9.17, 15) is 4.39 Å². The summed E-state index contributed by atoms with van der Waals surface area (Å²) in [5.41, 5.74) is 10.3. The molecule has 0 saturated carbocycles. The number of rotatable bonds is 8. The lowest BCUT2D eigenvalue weighted by atomic mass is 10.0. The van der Waals surface area contributed by atoms with Crippen LogP contribution in [0.4, 0.5) is 10.1 Å². The lowest BCUT2D eigenvalue weighted by Crippen LogP contribution is -2.45. The number of hydrogen-bond donors (Lipinski definition) is 5. The number of benzene rings is 1. The summed E-state index contributed by atoms with van der Waals surface area (Å²) in [4.78, 5) is 2.23. The van der Waals surface area contributed by atoms with Gasteiger partial charge in [0.25, 0.3) is 0 Å². The third kappa shape index (κ3) is 5.59. The van der Waals surface area contributed by atoms with E-state index in [1.54, 1.807) is 25.4 Å². The minimum Gasteiger partial charge on any atom is -0.393 e. The monoisotopic (exact) mass is 416 g/mol. The van der Waals surface area contributed by atoms with Gasteiger partial charge in [0.1, 0.15) is 5.82 Å². The first kappa shape index (κ1) is 22.3. The van der Waals surface area contributed by atoms with Gasteiger partial charge >= 0.3 is 0 Å². The minimum absolute atomic E-state index is 0.353. The topological polar surface area (TPSA) is 98.4 Å². The molecule has 7 nitrogen and oxygen atoms in total. The zero-order chi connectivity index (χ0) is 21.5. The fraction of sp³-hybridized carbons (Fsp3) is 0.500. The molecule has 6 N–H and O–H groups in total. The molecular weight excluding hydrogens is 383 g/mol. The Balaban J connectivity index is 1.77. The standard InChI is InChI=1S/C22H33FN6O/c1-26-13-16(12-24)15-3-4-21(19(23)11-15)28-22(25)18-14-29(2)8-5-20(18)27-17-6-9-30-10-7-17/h3-4,11-13,17,22,24,26-28H,5-10,14,25H2,1-2H3/b16-13+,24-12?. The number of nitrogens with zero attached hydrogens (tertiary/aromatic N) is 1. The number of nitrogens with two attached hydrogens (primary N) is 1. The number of hydrogen-bond acceptors (Lipinski definition) is 7. The average Bonchev–Trinajstić information content (AvgIpc) is 2.75. The fourth-order valence-corrected chi connectivity index (χ4v) is 3.90. The lowest BCUT2D eigenvalue weighted by molar-refractivity contribution is 0.0797. The maximum absolute atomic E-state index is 14.8. The van der Waals surface area contributed by atoms with Crippen LogP contribution >= 0.6 is 0 Å². The third-order valence-electron chi connectivity index (χ3n) is 5.62. The highest BCUT2D eigenvalue weighted by atomic mass is 19.1.